The van der Waals surface area contributed by atoms with E-state index in [0.717, 1.165) is 26.6 Å². The highest BCUT2D eigenvalue weighted by Crippen LogP contribution is 2.31. The quantitative estimate of drug-likeness (QED) is 0.842. The van der Waals surface area contributed by atoms with Crippen molar-refractivity contribution in [1.29, 1.82) is 0 Å². The Morgan fingerprint density at radius 1 is 1.37 bits per heavy atom. The standard InChI is InChI=1S/C14H15BrClNOS/c1-9(18)10-3-5-13(12(15)7-10)17(2)8-11-4-6-14(16)19-11/h3-7,9,18H,8H2,1-2H3/t9-/m1/s1. The molecule has 1 aromatic carbocycles. The lowest BCUT2D eigenvalue weighted by Gasteiger charge is -2.21. The van der Waals surface area contributed by atoms with Crippen molar-refractivity contribution in [2.75, 3.05) is 11.9 Å². The molecule has 1 atom stereocenters. The Hall–Kier alpha value is -0.550. The molecule has 0 aliphatic rings. The van der Waals surface area contributed by atoms with Crippen LogP contribution in [0.25, 0.3) is 0 Å². The number of rotatable bonds is 4. The molecule has 0 spiro atoms. The van der Waals surface area contributed by atoms with E-state index in [-0.39, 0.29) is 0 Å². The van der Waals surface area contributed by atoms with Crippen molar-refractivity contribution in [1.82, 2.24) is 0 Å². The van der Waals surface area contributed by atoms with Gasteiger partial charge in [-0.15, -0.1) is 11.3 Å². The third kappa shape index (κ3) is 3.72. The number of anilines is 1. The monoisotopic (exact) mass is 359 g/mol. The van der Waals surface area contributed by atoms with Crippen molar-refractivity contribution < 1.29 is 5.11 Å². The van der Waals surface area contributed by atoms with Crippen LogP contribution in [0.1, 0.15) is 23.5 Å². The predicted octanol–water partition coefficient (Wildman–Crippen LogP) is 4.85. The Kier molecular flexibility index (Phi) is 4.90. The maximum Gasteiger partial charge on any atom is 0.0931 e. The Labute approximate surface area is 130 Å². The van der Waals surface area contributed by atoms with Crippen LogP contribution < -0.4 is 4.90 Å². The fraction of sp³-hybridized carbons (Fsp3) is 0.286. The molecule has 0 unspecified atom stereocenters. The highest BCUT2D eigenvalue weighted by atomic mass is 79.9. The summed E-state index contributed by atoms with van der Waals surface area (Å²) in [7, 11) is 2.04. The van der Waals surface area contributed by atoms with Crippen molar-refractivity contribution in [2.24, 2.45) is 0 Å². The maximum absolute atomic E-state index is 9.57. The highest BCUT2D eigenvalue weighted by molar-refractivity contribution is 9.10. The minimum atomic E-state index is -0.452. The van der Waals surface area contributed by atoms with E-state index < -0.39 is 6.10 Å². The number of hydrogen-bond donors (Lipinski definition) is 1. The molecular weight excluding hydrogens is 346 g/mol. The number of aliphatic hydroxyl groups is 1. The molecule has 0 saturated heterocycles. The SMILES string of the molecule is C[C@@H](O)c1ccc(N(C)Cc2ccc(Cl)s2)c(Br)c1. The second-order valence-electron chi connectivity index (χ2n) is 4.45. The summed E-state index contributed by atoms with van der Waals surface area (Å²) in [5.41, 5.74) is 2.00. The Morgan fingerprint density at radius 3 is 2.63 bits per heavy atom. The Morgan fingerprint density at radius 2 is 2.11 bits per heavy atom. The molecule has 5 heteroatoms. The van der Waals surface area contributed by atoms with Crippen LogP contribution in [0.15, 0.2) is 34.8 Å². The van der Waals surface area contributed by atoms with Crippen LogP contribution in [-0.4, -0.2) is 12.2 Å². The lowest BCUT2D eigenvalue weighted by molar-refractivity contribution is 0.199. The van der Waals surface area contributed by atoms with E-state index in [1.165, 1.54) is 4.88 Å². The molecule has 1 aromatic heterocycles. The first kappa shape index (κ1) is 14.9. The number of hydrogen-bond acceptors (Lipinski definition) is 3. The molecule has 102 valence electrons. The summed E-state index contributed by atoms with van der Waals surface area (Å²) >= 11 is 11.1. The van der Waals surface area contributed by atoms with Crippen LogP contribution in [0.3, 0.4) is 0 Å². The summed E-state index contributed by atoms with van der Waals surface area (Å²) in [4.78, 5) is 3.37. The lowest BCUT2D eigenvalue weighted by Crippen LogP contribution is -2.16. The molecule has 2 rings (SSSR count). The van der Waals surface area contributed by atoms with Gasteiger partial charge in [0.15, 0.2) is 0 Å². The van der Waals surface area contributed by atoms with Gasteiger partial charge in [0.05, 0.1) is 22.7 Å². The zero-order valence-corrected chi connectivity index (χ0v) is 13.9. The average molecular weight is 361 g/mol. The summed E-state index contributed by atoms with van der Waals surface area (Å²) in [6.45, 7) is 2.57. The van der Waals surface area contributed by atoms with E-state index in [1.54, 1.807) is 18.3 Å². The molecule has 1 N–H and O–H groups in total. The summed E-state index contributed by atoms with van der Waals surface area (Å²) in [6, 6.07) is 9.88. The largest absolute Gasteiger partial charge is 0.389 e. The molecule has 19 heavy (non-hydrogen) atoms. The highest BCUT2D eigenvalue weighted by Gasteiger charge is 2.10. The third-order valence-electron chi connectivity index (χ3n) is 2.89. The molecule has 0 fully saturated rings. The van der Waals surface area contributed by atoms with Gasteiger partial charge in [0.25, 0.3) is 0 Å². The second kappa shape index (κ2) is 6.27. The van der Waals surface area contributed by atoms with Gasteiger partial charge in [-0.3, -0.25) is 0 Å². The van der Waals surface area contributed by atoms with Gasteiger partial charge in [0.2, 0.25) is 0 Å². The molecule has 0 amide bonds. The average Bonchev–Trinajstić information content (AvgIpc) is 2.74. The van der Waals surface area contributed by atoms with Crippen LogP contribution in [0, 0.1) is 0 Å². The number of nitrogens with zero attached hydrogens (tertiary/aromatic N) is 1. The molecular formula is C14H15BrClNOS. The number of benzene rings is 1. The molecule has 1 heterocycles. The summed E-state index contributed by atoms with van der Waals surface area (Å²) in [5, 5.41) is 9.57. The molecule has 2 aromatic rings. The van der Waals surface area contributed by atoms with Crippen LogP contribution in [0.5, 0.6) is 0 Å². The maximum atomic E-state index is 9.57. The zero-order chi connectivity index (χ0) is 14.0. The first-order valence-electron chi connectivity index (χ1n) is 5.90. The number of aliphatic hydroxyl groups excluding tert-OH is 1. The van der Waals surface area contributed by atoms with Gasteiger partial charge in [0.1, 0.15) is 0 Å². The predicted molar refractivity (Wildman–Crippen MR) is 86.2 cm³/mol. The topological polar surface area (TPSA) is 23.5 Å². The van der Waals surface area contributed by atoms with E-state index in [4.69, 9.17) is 11.6 Å². The summed E-state index contributed by atoms with van der Waals surface area (Å²) in [6.07, 6.45) is -0.452. The Bertz CT molecular complexity index is 570. The van der Waals surface area contributed by atoms with Gasteiger partial charge in [0, 0.05) is 16.4 Å². The molecule has 0 bridgehead atoms. The van der Waals surface area contributed by atoms with Crippen molar-refractivity contribution in [2.45, 2.75) is 19.6 Å². The van der Waals surface area contributed by atoms with E-state index in [1.807, 2.05) is 37.4 Å². The van der Waals surface area contributed by atoms with Gasteiger partial charge in [-0.25, -0.2) is 0 Å². The third-order valence-corrected chi connectivity index (χ3v) is 4.74. The van der Waals surface area contributed by atoms with Gasteiger partial charge in [-0.05, 0) is 52.7 Å². The molecule has 0 radical (unpaired) electrons. The van der Waals surface area contributed by atoms with E-state index in [0.29, 0.717) is 0 Å². The van der Waals surface area contributed by atoms with E-state index >= 15 is 0 Å². The fourth-order valence-electron chi connectivity index (χ4n) is 1.85. The first-order chi connectivity index (χ1) is 8.97. The van der Waals surface area contributed by atoms with Gasteiger partial charge in [-0.1, -0.05) is 17.7 Å². The zero-order valence-electron chi connectivity index (χ0n) is 10.7. The van der Waals surface area contributed by atoms with E-state index in [9.17, 15) is 5.11 Å². The summed E-state index contributed by atoms with van der Waals surface area (Å²) in [5.74, 6) is 0. The summed E-state index contributed by atoms with van der Waals surface area (Å²) < 4.78 is 1.79. The van der Waals surface area contributed by atoms with Crippen LogP contribution in [-0.2, 0) is 6.54 Å². The van der Waals surface area contributed by atoms with Crippen LogP contribution in [0.2, 0.25) is 4.34 Å². The van der Waals surface area contributed by atoms with Crippen molar-refractivity contribution >= 4 is 44.6 Å². The first-order valence-corrected chi connectivity index (χ1v) is 7.89. The van der Waals surface area contributed by atoms with Crippen molar-refractivity contribution in [3.8, 4) is 0 Å². The Balaban J connectivity index is 2.17. The van der Waals surface area contributed by atoms with Gasteiger partial charge >= 0.3 is 0 Å². The van der Waals surface area contributed by atoms with Crippen LogP contribution >= 0.6 is 38.9 Å². The number of halogens is 2. The second-order valence-corrected chi connectivity index (χ2v) is 7.10. The minimum absolute atomic E-state index is 0.452. The number of thiophene rings is 1. The molecule has 0 aliphatic heterocycles. The van der Waals surface area contributed by atoms with Gasteiger partial charge < -0.3 is 10.0 Å². The van der Waals surface area contributed by atoms with Crippen molar-refractivity contribution in [3.63, 3.8) is 0 Å². The normalized spacial score (nSPS) is 12.5. The molecule has 0 saturated carbocycles. The molecule has 0 aliphatic carbocycles. The smallest absolute Gasteiger partial charge is 0.0931 e. The van der Waals surface area contributed by atoms with E-state index in [2.05, 4.69) is 20.8 Å². The fourth-order valence-corrected chi connectivity index (χ4v) is 3.69. The van der Waals surface area contributed by atoms with Crippen LogP contribution in [0.4, 0.5) is 5.69 Å². The van der Waals surface area contributed by atoms with Crippen molar-refractivity contribution in [3.05, 3.63) is 49.6 Å². The van der Waals surface area contributed by atoms with Gasteiger partial charge in [-0.2, -0.15) is 0 Å². The lowest BCUT2D eigenvalue weighted by atomic mass is 10.1. The molecule has 2 nitrogen and oxygen atoms in total. The minimum Gasteiger partial charge on any atom is -0.389 e.